The first-order valence-electron chi connectivity index (χ1n) is 13.9. The summed E-state index contributed by atoms with van der Waals surface area (Å²) in [6.07, 6.45) is 6.63. The predicted octanol–water partition coefficient (Wildman–Crippen LogP) is 5.78. The molecule has 1 saturated carbocycles. The molecule has 1 aromatic carbocycles. The highest BCUT2D eigenvalue weighted by Crippen LogP contribution is 2.39. The summed E-state index contributed by atoms with van der Waals surface area (Å²) in [6.45, 7) is 3.87. The minimum absolute atomic E-state index is 0.0838. The van der Waals surface area contributed by atoms with Crippen LogP contribution in [0.1, 0.15) is 30.4 Å². The zero-order valence-electron chi connectivity index (χ0n) is 22.6. The molecule has 1 amide bonds. The molecule has 2 aliphatic rings. The summed E-state index contributed by atoms with van der Waals surface area (Å²) in [5, 5.41) is 0. The van der Waals surface area contributed by atoms with E-state index in [9.17, 15) is 14.0 Å². The lowest BCUT2D eigenvalue weighted by Gasteiger charge is -2.34. The normalized spacial score (nSPS) is 15.8. The fourth-order valence-electron chi connectivity index (χ4n) is 5.10. The number of rotatable bonds is 10. The maximum atomic E-state index is 14.9. The van der Waals surface area contributed by atoms with Crippen LogP contribution in [0, 0.1) is 11.7 Å². The fourth-order valence-corrected chi connectivity index (χ4v) is 6.34. The minimum Gasteiger partial charge on any atom is -0.453 e. The quantitative estimate of drug-likeness (QED) is 0.236. The van der Waals surface area contributed by atoms with Gasteiger partial charge in [-0.1, -0.05) is 12.1 Å². The van der Waals surface area contributed by atoms with Gasteiger partial charge >= 0.3 is 0 Å². The van der Waals surface area contributed by atoms with Crippen molar-refractivity contribution in [2.45, 2.75) is 32.2 Å². The number of ketones is 1. The molecule has 1 aliphatic carbocycles. The standard InChI is InChI=1S/C31H31FN4O3S2/c32-24-15-21(14-23(37)13-20-1-2-20)4-6-27(24)39-28-7-8-33-26-16-29(41-31(26)28)25-5-3-22(17-34-25)18-35-9-11-36(12-10-35)30(38)19-40/h3-8,15-17,20,40H,1-2,9-14,18-19H2. The average Bonchev–Trinajstić information content (AvgIpc) is 3.68. The Labute approximate surface area is 247 Å². The number of halogens is 1. The molecule has 2 fully saturated rings. The largest absolute Gasteiger partial charge is 0.453 e. The van der Waals surface area contributed by atoms with Crippen LogP contribution in [0.5, 0.6) is 11.5 Å². The minimum atomic E-state index is -0.490. The van der Waals surface area contributed by atoms with Crippen molar-refractivity contribution in [1.82, 2.24) is 19.8 Å². The van der Waals surface area contributed by atoms with Crippen LogP contribution < -0.4 is 4.74 Å². The predicted molar refractivity (Wildman–Crippen MR) is 161 cm³/mol. The van der Waals surface area contributed by atoms with E-state index in [-0.39, 0.29) is 29.6 Å². The van der Waals surface area contributed by atoms with E-state index in [0.29, 0.717) is 23.7 Å². The molecule has 6 rings (SSSR count). The molecule has 0 bridgehead atoms. The highest BCUT2D eigenvalue weighted by atomic mass is 32.1. The number of fused-ring (bicyclic) bond motifs is 1. The summed E-state index contributed by atoms with van der Waals surface area (Å²) in [4.78, 5) is 38.3. The number of nitrogens with zero attached hydrogens (tertiary/aromatic N) is 4. The fraction of sp³-hybridized carbons (Fsp3) is 0.355. The van der Waals surface area contributed by atoms with Crippen molar-refractivity contribution in [2.24, 2.45) is 5.92 Å². The number of Topliss-reactive ketones (excluding diaryl/α,β-unsaturated/α-hetero) is 1. The first-order valence-corrected chi connectivity index (χ1v) is 15.3. The molecule has 0 radical (unpaired) electrons. The maximum absolute atomic E-state index is 14.9. The van der Waals surface area contributed by atoms with Crippen LogP contribution in [-0.4, -0.2) is 63.4 Å². The van der Waals surface area contributed by atoms with Gasteiger partial charge in [-0.25, -0.2) is 4.39 Å². The third kappa shape index (κ3) is 6.77. The molecule has 0 spiro atoms. The molecule has 3 aromatic heterocycles. The molecular weight excluding hydrogens is 559 g/mol. The maximum Gasteiger partial charge on any atom is 0.232 e. The van der Waals surface area contributed by atoms with Gasteiger partial charge in [0, 0.05) is 64.0 Å². The van der Waals surface area contributed by atoms with Gasteiger partial charge in [-0.3, -0.25) is 24.5 Å². The van der Waals surface area contributed by atoms with Crippen LogP contribution in [0.3, 0.4) is 0 Å². The van der Waals surface area contributed by atoms with E-state index in [0.717, 1.165) is 71.9 Å². The number of hydrogen-bond acceptors (Lipinski definition) is 8. The Balaban J connectivity index is 1.11. The molecule has 4 heterocycles. The summed E-state index contributed by atoms with van der Waals surface area (Å²) in [5.41, 5.74) is 3.36. The Kier molecular flexibility index (Phi) is 8.32. The zero-order valence-corrected chi connectivity index (χ0v) is 24.3. The number of benzene rings is 1. The number of carbonyl (C=O) groups excluding carboxylic acids is 2. The van der Waals surface area contributed by atoms with Crippen molar-refractivity contribution in [3.8, 4) is 22.1 Å². The summed E-state index contributed by atoms with van der Waals surface area (Å²) in [6, 6.07) is 12.5. The van der Waals surface area contributed by atoms with Gasteiger partial charge in [0.15, 0.2) is 11.6 Å². The summed E-state index contributed by atoms with van der Waals surface area (Å²) >= 11 is 5.59. The Morgan fingerprint density at radius 1 is 1.00 bits per heavy atom. The van der Waals surface area contributed by atoms with E-state index < -0.39 is 5.82 Å². The molecule has 1 saturated heterocycles. The van der Waals surface area contributed by atoms with Crippen molar-refractivity contribution >= 4 is 45.9 Å². The SMILES string of the molecule is O=C(Cc1ccc(Oc2ccnc3cc(-c4ccc(CN5CCN(C(=O)CS)CC5)cn4)sc23)c(F)c1)CC1CC1. The highest BCUT2D eigenvalue weighted by Gasteiger charge is 2.24. The molecule has 7 nitrogen and oxygen atoms in total. The van der Waals surface area contributed by atoms with Crippen LogP contribution in [0.4, 0.5) is 4.39 Å². The van der Waals surface area contributed by atoms with Gasteiger partial charge in [0.1, 0.15) is 11.5 Å². The number of hydrogen-bond donors (Lipinski definition) is 1. The smallest absolute Gasteiger partial charge is 0.232 e. The Morgan fingerprint density at radius 3 is 2.51 bits per heavy atom. The molecule has 10 heteroatoms. The van der Waals surface area contributed by atoms with E-state index >= 15 is 0 Å². The van der Waals surface area contributed by atoms with Crippen molar-refractivity contribution in [2.75, 3.05) is 31.9 Å². The number of amides is 1. The number of thiophene rings is 1. The number of aromatic nitrogens is 2. The van der Waals surface area contributed by atoms with Gasteiger partial charge in [0.2, 0.25) is 5.91 Å². The van der Waals surface area contributed by atoms with Gasteiger partial charge in [-0.2, -0.15) is 12.6 Å². The Hall–Kier alpha value is -3.34. The van der Waals surface area contributed by atoms with E-state index in [1.807, 2.05) is 23.2 Å². The molecule has 4 aromatic rings. The number of thiol groups is 1. The highest BCUT2D eigenvalue weighted by molar-refractivity contribution is 7.81. The molecule has 1 aliphatic heterocycles. The molecular formula is C31H31FN4O3S2. The summed E-state index contributed by atoms with van der Waals surface area (Å²) in [5.74, 6) is 1.16. The second kappa shape index (κ2) is 12.3. The number of piperazine rings is 1. The van der Waals surface area contributed by atoms with Crippen molar-refractivity contribution < 1.29 is 18.7 Å². The summed E-state index contributed by atoms with van der Waals surface area (Å²) in [7, 11) is 0. The van der Waals surface area contributed by atoms with Gasteiger partial charge < -0.3 is 9.64 Å². The van der Waals surface area contributed by atoms with Gasteiger partial charge in [0.25, 0.3) is 0 Å². The first-order chi connectivity index (χ1) is 19.9. The monoisotopic (exact) mass is 590 g/mol. The van der Waals surface area contributed by atoms with E-state index in [4.69, 9.17) is 9.72 Å². The third-order valence-electron chi connectivity index (χ3n) is 7.55. The van der Waals surface area contributed by atoms with Crippen molar-refractivity contribution in [3.05, 3.63) is 71.8 Å². The van der Waals surface area contributed by atoms with Gasteiger partial charge in [-0.05, 0) is 54.2 Å². The molecule has 0 N–H and O–H groups in total. The van der Waals surface area contributed by atoms with Gasteiger partial charge in [0.05, 0.1) is 26.5 Å². The van der Waals surface area contributed by atoms with Crippen LogP contribution in [0.2, 0.25) is 0 Å². The number of ether oxygens (including phenoxy) is 1. The Morgan fingerprint density at radius 2 is 1.80 bits per heavy atom. The number of pyridine rings is 2. The average molecular weight is 591 g/mol. The lowest BCUT2D eigenvalue weighted by Crippen LogP contribution is -2.48. The zero-order chi connectivity index (χ0) is 28.3. The van der Waals surface area contributed by atoms with Crippen LogP contribution in [-0.2, 0) is 22.6 Å². The molecule has 0 atom stereocenters. The number of carbonyl (C=O) groups is 2. The second-order valence-electron chi connectivity index (χ2n) is 10.7. The summed E-state index contributed by atoms with van der Waals surface area (Å²) < 4.78 is 21.7. The van der Waals surface area contributed by atoms with E-state index in [1.54, 1.807) is 24.4 Å². The lowest BCUT2D eigenvalue weighted by atomic mass is 10.0. The first kappa shape index (κ1) is 27.8. The third-order valence-corrected chi connectivity index (χ3v) is 8.98. The Bertz CT molecular complexity index is 1560. The van der Waals surface area contributed by atoms with Crippen LogP contribution in [0.25, 0.3) is 20.8 Å². The van der Waals surface area contributed by atoms with E-state index in [1.165, 1.54) is 17.4 Å². The van der Waals surface area contributed by atoms with E-state index in [2.05, 4.69) is 28.6 Å². The molecule has 0 unspecified atom stereocenters. The van der Waals surface area contributed by atoms with Gasteiger partial charge in [-0.15, -0.1) is 11.3 Å². The second-order valence-corrected chi connectivity index (χ2v) is 12.1. The van der Waals surface area contributed by atoms with Crippen molar-refractivity contribution in [3.63, 3.8) is 0 Å². The van der Waals surface area contributed by atoms with Crippen LogP contribution in [0.15, 0.2) is 54.9 Å². The lowest BCUT2D eigenvalue weighted by molar-refractivity contribution is -0.130. The van der Waals surface area contributed by atoms with Crippen molar-refractivity contribution in [1.29, 1.82) is 0 Å². The molecule has 41 heavy (non-hydrogen) atoms. The van der Waals surface area contributed by atoms with Crippen LogP contribution >= 0.6 is 24.0 Å². The molecule has 212 valence electrons. The topological polar surface area (TPSA) is 75.6 Å².